The number of nitrogens with one attached hydrogen (secondary N) is 1. The molecule has 2 rings (SSSR count). The molecule has 0 spiro atoms. The van der Waals surface area contributed by atoms with Gasteiger partial charge in [-0.05, 0) is 49.2 Å². The van der Waals surface area contributed by atoms with Gasteiger partial charge in [-0.3, -0.25) is 0 Å². The number of ether oxygens (including phenoxy) is 1. The number of halogens is 2. The molecule has 2 unspecified atom stereocenters. The summed E-state index contributed by atoms with van der Waals surface area (Å²) in [7, 11) is 1.65. The zero-order chi connectivity index (χ0) is 15.4. The predicted molar refractivity (Wildman–Crippen MR) is 84.4 cm³/mol. The summed E-state index contributed by atoms with van der Waals surface area (Å²) >= 11 is 5.71. The van der Waals surface area contributed by atoms with Crippen molar-refractivity contribution in [2.24, 2.45) is 0 Å². The molecule has 0 aromatic heterocycles. The lowest BCUT2D eigenvalue weighted by Gasteiger charge is -2.21. The molecule has 0 aliphatic rings. The Kier molecular flexibility index (Phi) is 5.21. The summed E-state index contributed by atoms with van der Waals surface area (Å²) in [5.74, 6) is 0.443. The van der Waals surface area contributed by atoms with Crippen molar-refractivity contribution in [3.63, 3.8) is 0 Å². The molecule has 0 heterocycles. The Morgan fingerprint density at radius 3 is 2.14 bits per heavy atom. The van der Waals surface area contributed by atoms with Crippen LogP contribution in [0.2, 0.25) is 5.02 Å². The Hall–Kier alpha value is -1.58. The highest BCUT2D eigenvalue weighted by molar-refractivity contribution is 6.30. The van der Waals surface area contributed by atoms with E-state index in [1.807, 2.05) is 37.3 Å². The molecule has 0 fully saturated rings. The van der Waals surface area contributed by atoms with E-state index in [0.29, 0.717) is 0 Å². The Morgan fingerprint density at radius 1 is 1.00 bits per heavy atom. The van der Waals surface area contributed by atoms with Crippen LogP contribution >= 0.6 is 11.6 Å². The SMILES string of the molecule is COc1ccc(C(C)NC(C)c2ccc(Cl)c(F)c2)cc1. The molecule has 0 amide bonds. The van der Waals surface area contributed by atoms with E-state index in [-0.39, 0.29) is 22.9 Å². The summed E-state index contributed by atoms with van der Waals surface area (Å²) in [6, 6.07) is 13.0. The third-order valence-corrected chi connectivity index (χ3v) is 3.87. The second kappa shape index (κ2) is 6.92. The first-order chi connectivity index (χ1) is 10.0. The molecule has 0 aliphatic carbocycles. The minimum atomic E-state index is -0.389. The van der Waals surface area contributed by atoms with Gasteiger partial charge in [-0.15, -0.1) is 0 Å². The van der Waals surface area contributed by atoms with Crippen LogP contribution in [0.15, 0.2) is 42.5 Å². The highest BCUT2D eigenvalue weighted by Gasteiger charge is 2.12. The van der Waals surface area contributed by atoms with Crippen LogP contribution < -0.4 is 10.1 Å². The van der Waals surface area contributed by atoms with Crippen LogP contribution in [0, 0.1) is 5.82 Å². The van der Waals surface area contributed by atoms with Crippen molar-refractivity contribution in [1.29, 1.82) is 0 Å². The van der Waals surface area contributed by atoms with Crippen molar-refractivity contribution >= 4 is 11.6 Å². The standard InChI is InChI=1S/C17H19ClFNO/c1-11(13-4-7-15(21-3)8-5-13)20-12(2)14-6-9-16(18)17(19)10-14/h4-12,20H,1-3H3. The van der Waals surface area contributed by atoms with Crippen molar-refractivity contribution in [2.75, 3.05) is 7.11 Å². The van der Waals surface area contributed by atoms with Gasteiger partial charge in [0.15, 0.2) is 0 Å². The van der Waals surface area contributed by atoms with Gasteiger partial charge in [-0.1, -0.05) is 29.8 Å². The molecular formula is C17H19ClFNO. The van der Waals surface area contributed by atoms with Crippen molar-refractivity contribution in [1.82, 2.24) is 5.32 Å². The van der Waals surface area contributed by atoms with Gasteiger partial charge in [-0.25, -0.2) is 4.39 Å². The maximum Gasteiger partial charge on any atom is 0.142 e. The first kappa shape index (κ1) is 15.8. The number of benzene rings is 2. The van der Waals surface area contributed by atoms with E-state index < -0.39 is 0 Å². The third-order valence-electron chi connectivity index (χ3n) is 3.56. The van der Waals surface area contributed by atoms with Crippen LogP contribution in [0.3, 0.4) is 0 Å². The molecule has 1 N–H and O–H groups in total. The monoisotopic (exact) mass is 307 g/mol. The average molecular weight is 308 g/mol. The van der Waals surface area contributed by atoms with E-state index in [1.165, 1.54) is 6.07 Å². The highest BCUT2D eigenvalue weighted by Crippen LogP contribution is 2.24. The van der Waals surface area contributed by atoms with E-state index >= 15 is 0 Å². The van der Waals surface area contributed by atoms with Gasteiger partial charge in [-0.2, -0.15) is 0 Å². The summed E-state index contributed by atoms with van der Waals surface area (Å²) in [6.45, 7) is 4.08. The Morgan fingerprint density at radius 2 is 1.57 bits per heavy atom. The Balaban J connectivity index is 2.06. The van der Waals surface area contributed by atoms with Crippen molar-refractivity contribution in [2.45, 2.75) is 25.9 Å². The smallest absolute Gasteiger partial charge is 0.142 e. The number of hydrogen-bond donors (Lipinski definition) is 1. The fraction of sp³-hybridized carbons (Fsp3) is 0.294. The molecule has 2 aromatic rings. The van der Waals surface area contributed by atoms with Gasteiger partial charge >= 0.3 is 0 Å². The summed E-state index contributed by atoms with van der Waals surface area (Å²) in [5, 5.41) is 3.59. The average Bonchev–Trinajstić information content (AvgIpc) is 2.50. The fourth-order valence-corrected chi connectivity index (χ4v) is 2.36. The van der Waals surface area contributed by atoms with Crippen molar-refractivity contribution in [3.8, 4) is 5.75 Å². The lowest BCUT2D eigenvalue weighted by atomic mass is 10.0. The molecule has 21 heavy (non-hydrogen) atoms. The maximum absolute atomic E-state index is 13.5. The molecule has 0 radical (unpaired) electrons. The molecule has 4 heteroatoms. The van der Waals surface area contributed by atoms with Crippen LogP contribution in [-0.2, 0) is 0 Å². The van der Waals surface area contributed by atoms with E-state index in [1.54, 1.807) is 13.2 Å². The Bertz CT molecular complexity index is 600. The number of hydrogen-bond acceptors (Lipinski definition) is 2. The van der Waals surface area contributed by atoms with E-state index in [2.05, 4.69) is 12.2 Å². The minimum Gasteiger partial charge on any atom is -0.497 e. The normalized spacial score (nSPS) is 13.8. The maximum atomic E-state index is 13.5. The summed E-state index contributed by atoms with van der Waals surface area (Å²) in [6.07, 6.45) is 0. The van der Waals surface area contributed by atoms with Crippen LogP contribution in [0.1, 0.15) is 37.1 Å². The molecule has 0 aliphatic heterocycles. The van der Waals surface area contributed by atoms with Crippen molar-refractivity contribution < 1.29 is 9.13 Å². The largest absolute Gasteiger partial charge is 0.497 e. The van der Waals surface area contributed by atoms with Crippen molar-refractivity contribution in [3.05, 3.63) is 64.4 Å². The first-order valence-electron chi connectivity index (χ1n) is 6.86. The van der Waals surface area contributed by atoms with E-state index in [9.17, 15) is 4.39 Å². The summed E-state index contributed by atoms with van der Waals surface area (Å²) in [4.78, 5) is 0. The topological polar surface area (TPSA) is 21.3 Å². The van der Waals surface area contributed by atoms with E-state index in [0.717, 1.165) is 16.9 Å². The predicted octanol–water partition coefficient (Wildman–Crippen LogP) is 4.90. The van der Waals surface area contributed by atoms with Crippen LogP contribution in [0.25, 0.3) is 0 Å². The number of rotatable bonds is 5. The lowest BCUT2D eigenvalue weighted by Crippen LogP contribution is -2.22. The fourth-order valence-electron chi connectivity index (χ4n) is 2.24. The zero-order valence-electron chi connectivity index (χ0n) is 12.4. The summed E-state index contributed by atoms with van der Waals surface area (Å²) < 4.78 is 18.7. The van der Waals surface area contributed by atoms with Gasteiger partial charge < -0.3 is 10.1 Å². The quantitative estimate of drug-likeness (QED) is 0.848. The second-order valence-electron chi connectivity index (χ2n) is 5.06. The summed E-state index contributed by atoms with van der Waals surface area (Å²) in [5.41, 5.74) is 2.02. The van der Waals surface area contributed by atoms with Gasteiger partial charge in [0, 0.05) is 12.1 Å². The highest BCUT2D eigenvalue weighted by atomic mass is 35.5. The Labute approximate surface area is 129 Å². The molecule has 2 atom stereocenters. The number of methoxy groups -OCH3 is 1. The molecule has 2 aromatic carbocycles. The van der Waals surface area contributed by atoms with Crippen LogP contribution in [0.4, 0.5) is 4.39 Å². The zero-order valence-corrected chi connectivity index (χ0v) is 13.1. The van der Waals surface area contributed by atoms with E-state index in [4.69, 9.17) is 16.3 Å². The van der Waals surface area contributed by atoms with Crippen LogP contribution in [-0.4, -0.2) is 7.11 Å². The molecule has 0 saturated carbocycles. The van der Waals surface area contributed by atoms with Gasteiger partial charge in [0.25, 0.3) is 0 Å². The first-order valence-corrected chi connectivity index (χ1v) is 7.24. The van der Waals surface area contributed by atoms with Gasteiger partial charge in [0.2, 0.25) is 0 Å². The van der Waals surface area contributed by atoms with Crippen LogP contribution in [0.5, 0.6) is 5.75 Å². The molecule has 2 nitrogen and oxygen atoms in total. The molecule has 112 valence electrons. The molecular weight excluding hydrogens is 289 g/mol. The molecule has 0 saturated heterocycles. The van der Waals surface area contributed by atoms with Gasteiger partial charge in [0.05, 0.1) is 12.1 Å². The third kappa shape index (κ3) is 3.96. The molecule has 0 bridgehead atoms. The minimum absolute atomic E-state index is 0.0221. The van der Waals surface area contributed by atoms with Gasteiger partial charge in [0.1, 0.15) is 11.6 Å². The second-order valence-corrected chi connectivity index (χ2v) is 5.46. The lowest BCUT2D eigenvalue weighted by molar-refractivity contribution is 0.414.